The molecule has 0 N–H and O–H groups in total. The highest BCUT2D eigenvalue weighted by Crippen LogP contribution is 2.43. The van der Waals surface area contributed by atoms with Gasteiger partial charge in [-0.15, -0.1) is 0 Å². The molecule has 0 amide bonds. The van der Waals surface area contributed by atoms with Gasteiger partial charge in [0, 0.05) is 7.11 Å². The van der Waals surface area contributed by atoms with Crippen molar-refractivity contribution in [3.05, 3.63) is 12.2 Å². The predicted octanol–water partition coefficient (Wildman–Crippen LogP) is -0.0907. The second-order valence-corrected chi connectivity index (χ2v) is 2.58. The third-order valence-electron chi connectivity index (χ3n) is 1.94. The summed E-state index contributed by atoms with van der Waals surface area (Å²) >= 11 is 0. The van der Waals surface area contributed by atoms with E-state index in [1.807, 2.05) is 0 Å². The average Bonchev–Trinajstić information content (AvgIpc) is 2.53. The fourth-order valence-electron chi connectivity index (χ4n) is 1.30. The van der Waals surface area contributed by atoms with E-state index in [1.165, 1.54) is 0 Å². The van der Waals surface area contributed by atoms with E-state index >= 15 is 0 Å². The standard InChI is InChI=1S/C7H8O3/c1-9-4-7-5(8)2-3-6(7)10-7/h2-3,6H,4H2,1H3/t6?,7-/m0/s1. The van der Waals surface area contributed by atoms with Crippen LogP contribution in [0.1, 0.15) is 0 Å². The average molecular weight is 140 g/mol. The van der Waals surface area contributed by atoms with Crippen molar-refractivity contribution in [2.45, 2.75) is 11.7 Å². The van der Waals surface area contributed by atoms with E-state index < -0.39 is 5.60 Å². The first-order chi connectivity index (χ1) is 4.79. The molecule has 2 aliphatic rings. The number of epoxide rings is 1. The second-order valence-electron chi connectivity index (χ2n) is 2.58. The Labute approximate surface area is 58.6 Å². The number of carbonyl (C=O) groups is 1. The maximum Gasteiger partial charge on any atom is 0.192 e. The topological polar surface area (TPSA) is 38.8 Å². The Balaban J connectivity index is 2.15. The monoisotopic (exact) mass is 140 g/mol. The van der Waals surface area contributed by atoms with E-state index in [0.717, 1.165) is 0 Å². The number of ketones is 1. The molecule has 0 aromatic rings. The minimum atomic E-state index is -0.602. The minimum absolute atomic E-state index is 0.0000463. The van der Waals surface area contributed by atoms with Crippen molar-refractivity contribution in [1.82, 2.24) is 0 Å². The first-order valence-corrected chi connectivity index (χ1v) is 3.19. The van der Waals surface area contributed by atoms with Gasteiger partial charge in [0.25, 0.3) is 0 Å². The normalized spacial score (nSPS) is 42.1. The number of hydrogen-bond acceptors (Lipinski definition) is 3. The molecule has 1 aliphatic heterocycles. The van der Waals surface area contributed by atoms with E-state index in [4.69, 9.17) is 9.47 Å². The zero-order chi connectivity index (χ0) is 7.19. The molecule has 3 nitrogen and oxygen atoms in total. The lowest BCUT2D eigenvalue weighted by atomic mass is 10.1. The van der Waals surface area contributed by atoms with Crippen molar-refractivity contribution in [3.8, 4) is 0 Å². The molecule has 0 aromatic heterocycles. The Kier molecular flexibility index (Phi) is 1.02. The minimum Gasteiger partial charge on any atom is -0.381 e. The summed E-state index contributed by atoms with van der Waals surface area (Å²) in [6.07, 6.45) is 3.34. The SMILES string of the molecule is COC[C@@]12OC1C=CC2=O. The number of ether oxygens (including phenoxy) is 2. The van der Waals surface area contributed by atoms with Gasteiger partial charge in [0.15, 0.2) is 11.4 Å². The first kappa shape index (κ1) is 6.07. The summed E-state index contributed by atoms with van der Waals surface area (Å²) in [6.45, 7) is 0.378. The zero-order valence-corrected chi connectivity index (χ0v) is 5.66. The van der Waals surface area contributed by atoms with Crippen molar-refractivity contribution >= 4 is 5.78 Å². The Morgan fingerprint density at radius 2 is 2.70 bits per heavy atom. The van der Waals surface area contributed by atoms with Gasteiger partial charge in [-0.25, -0.2) is 0 Å². The van der Waals surface area contributed by atoms with Crippen LogP contribution in [0.3, 0.4) is 0 Å². The molecule has 0 bridgehead atoms. The van der Waals surface area contributed by atoms with E-state index in [2.05, 4.69) is 0 Å². The summed E-state index contributed by atoms with van der Waals surface area (Å²) in [6, 6.07) is 0. The van der Waals surface area contributed by atoms with Crippen LogP contribution in [-0.2, 0) is 14.3 Å². The van der Waals surface area contributed by atoms with Crippen molar-refractivity contribution in [2.75, 3.05) is 13.7 Å². The van der Waals surface area contributed by atoms with Crippen molar-refractivity contribution in [1.29, 1.82) is 0 Å². The molecule has 0 aromatic carbocycles. The van der Waals surface area contributed by atoms with E-state index in [0.29, 0.717) is 6.61 Å². The van der Waals surface area contributed by atoms with Crippen molar-refractivity contribution in [3.63, 3.8) is 0 Å². The smallest absolute Gasteiger partial charge is 0.192 e. The molecule has 1 saturated heterocycles. The molecular formula is C7H8O3. The Hall–Kier alpha value is -0.670. The van der Waals surface area contributed by atoms with Gasteiger partial charge in [0.2, 0.25) is 0 Å². The molecule has 3 heteroatoms. The van der Waals surface area contributed by atoms with Gasteiger partial charge in [-0.3, -0.25) is 4.79 Å². The molecule has 2 rings (SSSR count). The van der Waals surface area contributed by atoms with Crippen molar-refractivity contribution < 1.29 is 14.3 Å². The van der Waals surface area contributed by atoms with Crippen LogP contribution >= 0.6 is 0 Å². The Morgan fingerprint density at radius 1 is 1.90 bits per heavy atom. The van der Waals surface area contributed by atoms with Gasteiger partial charge in [0.05, 0.1) is 6.61 Å². The molecule has 1 heterocycles. The first-order valence-electron chi connectivity index (χ1n) is 3.19. The van der Waals surface area contributed by atoms with E-state index in [9.17, 15) is 4.79 Å². The van der Waals surface area contributed by atoms with E-state index in [-0.39, 0.29) is 11.9 Å². The van der Waals surface area contributed by atoms with Gasteiger partial charge in [-0.2, -0.15) is 0 Å². The highest BCUT2D eigenvalue weighted by Gasteiger charge is 2.63. The van der Waals surface area contributed by atoms with Crippen LogP contribution < -0.4 is 0 Å². The number of methoxy groups -OCH3 is 1. The third-order valence-corrected chi connectivity index (χ3v) is 1.94. The Morgan fingerprint density at radius 3 is 3.10 bits per heavy atom. The predicted molar refractivity (Wildman–Crippen MR) is 33.6 cm³/mol. The largest absolute Gasteiger partial charge is 0.381 e. The summed E-state index contributed by atoms with van der Waals surface area (Å²) in [5, 5.41) is 0. The quantitative estimate of drug-likeness (QED) is 0.503. The van der Waals surface area contributed by atoms with Crippen LogP contribution in [0.15, 0.2) is 12.2 Å². The van der Waals surface area contributed by atoms with Crippen LogP contribution in [0.4, 0.5) is 0 Å². The fraction of sp³-hybridized carbons (Fsp3) is 0.571. The van der Waals surface area contributed by atoms with Crippen LogP contribution in [0.2, 0.25) is 0 Å². The van der Waals surface area contributed by atoms with Gasteiger partial charge in [0.1, 0.15) is 6.10 Å². The van der Waals surface area contributed by atoms with Gasteiger partial charge in [-0.1, -0.05) is 0 Å². The van der Waals surface area contributed by atoms with E-state index in [1.54, 1.807) is 19.3 Å². The fourth-order valence-corrected chi connectivity index (χ4v) is 1.30. The lowest BCUT2D eigenvalue weighted by Crippen LogP contribution is -2.27. The molecule has 0 radical (unpaired) electrons. The molecule has 2 atom stereocenters. The summed E-state index contributed by atoms with van der Waals surface area (Å²) in [5.41, 5.74) is -0.602. The van der Waals surface area contributed by atoms with Crippen LogP contribution in [0.5, 0.6) is 0 Å². The molecule has 1 aliphatic carbocycles. The van der Waals surface area contributed by atoms with Gasteiger partial charge < -0.3 is 9.47 Å². The highest BCUT2D eigenvalue weighted by molar-refractivity contribution is 6.03. The lowest BCUT2D eigenvalue weighted by Gasteiger charge is -2.02. The molecule has 10 heavy (non-hydrogen) atoms. The second kappa shape index (κ2) is 1.68. The summed E-state index contributed by atoms with van der Waals surface area (Å²) in [7, 11) is 1.57. The maximum atomic E-state index is 11.0. The van der Waals surface area contributed by atoms with Crippen LogP contribution in [0, 0.1) is 0 Å². The highest BCUT2D eigenvalue weighted by atomic mass is 16.6. The summed E-state index contributed by atoms with van der Waals surface area (Å²) in [5.74, 6) is 0.0411. The van der Waals surface area contributed by atoms with Crippen LogP contribution in [-0.4, -0.2) is 31.2 Å². The van der Waals surface area contributed by atoms with Gasteiger partial charge >= 0.3 is 0 Å². The third kappa shape index (κ3) is 0.540. The number of carbonyl (C=O) groups excluding carboxylic acids is 1. The summed E-state index contributed by atoms with van der Waals surface area (Å²) < 4.78 is 9.99. The Bertz CT molecular complexity index is 209. The molecule has 1 unspecified atom stereocenters. The number of fused-ring (bicyclic) bond motifs is 1. The number of rotatable bonds is 2. The van der Waals surface area contributed by atoms with Crippen molar-refractivity contribution in [2.24, 2.45) is 0 Å². The number of hydrogen-bond donors (Lipinski definition) is 0. The molecule has 54 valence electrons. The molecular weight excluding hydrogens is 132 g/mol. The maximum absolute atomic E-state index is 11.0. The molecule has 1 fully saturated rings. The van der Waals surface area contributed by atoms with Crippen LogP contribution in [0.25, 0.3) is 0 Å². The molecule has 0 spiro atoms. The zero-order valence-electron chi connectivity index (χ0n) is 5.66. The van der Waals surface area contributed by atoms with Gasteiger partial charge in [-0.05, 0) is 12.2 Å². The molecule has 0 saturated carbocycles. The summed E-state index contributed by atoms with van der Waals surface area (Å²) in [4.78, 5) is 11.0. The lowest BCUT2D eigenvalue weighted by molar-refractivity contribution is -0.121.